The van der Waals surface area contributed by atoms with Gasteiger partial charge >= 0.3 is 0 Å². The molecule has 0 aliphatic heterocycles. The zero-order valence-corrected chi connectivity index (χ0v) is 15.0. The SMILES string of the molecule is CCNC(=NCC(C)(O)c1ccco1)NCC(C)Oc1ccccc1. The Morgan fingerprint density at radius 1 is 1.24 bits per heavy atom. The van der Waals surface area contributed by atoms with Crippen LogP contribution in [0.3, 0.4) is 0 Å². The third kappa shape index (κ3) is 6.15. The molecule has 2 rings (SSSR count). The molecule has 0 saturated carbocycles. The van der Waals surface area contributed by atoms with Crippen molar-refractivity contribution in [1.82, 2.24) is 10.6 Å². The maximum absolute atomic E-state index is 10.5. The molecule has 1 heterocycles. The zero-order chi connectivity index (χ0) is 18.1. The summed E-state index contributed by atoms with van der Waals surface area (Å²) in [5, 5.41) is 16.9. The summed E-state index contributed by atoms with van der Waals surface area (Å²) < 4.78 is 11.1. The summed E-state index contributed by atoms with van der Waals surface area (Å²) in [6.45, 7) is 7.16. The smallest absolute Gasteiger partial charge is 0.191 e. The Morgan fingerprint density at radius 2 is 2.00 bits per heavy atom. The fourth-order valence-electron chi connectivity index (χ4n) is 2.25. The molecule has 0 fully saturated rings. The fourth-order valence-corrected chi connectivity index (χ4v) is 2.25. The predicted molar refractivity (Wildman–Crippen MR) is 98.8 cm³/mol. The molecule has 3 N–H and O–H groups in total. The summed E-state index contributed by atoms with van der Waals surface area (Å²) in [5.41, 5.74) is -1.15. The molecular formula is C19H27N3O3. The summed E-state index contributed by atoms with van der Waals surface area (Å²) in [4.78, 5) is 4.45. The van der Waals surface area contributed by atoms with Crippen molar-refractivity contribution in [2.45, 2.75) is 32.5 Å². The van der Waals surface area contributed by atoms with E-state index in [1.807, 2.05) is 44.2 Å². The lowest BCUT2D eigenvalue weighted by Crippen LogP contribution is -2.42. The van der Waals surface area contributed by atoms with Crippen LogP contribution in [0.4, 0.5) is 0 Å². The summed E-state index contributed by atoms with van der Waals surface area (Å²) in [6.07, 6.45) is 1.51. The molecule has 0 radical (unpaired) electrons. The number of guanidine groups is 1. The highest BCUT2D eigenvalue weighted by molar-refractivity contribution is 5.79. The first-order valence-electron chi connectivity index (χ1n) is 8.51. The number of nitrogens with one attached hydrogen (secondary N) is 2. The number of aliphatic imine (C=N–C) groups is 1. The van der Waals surface area contributed by atoms with Gasteiger partial charge in [-0.3, -0.25) is 0 Å². The van der Waals surface area contributed by atoms with Gasteiger partial charge in [-0.05, 0) is 45.0 Å². The van der Waals surface area contributed by atoms with E-state index in [-0.39, 0.29) is 12.6 Å². The second-order valence-electron chi connectivity index (χ2n) is 6.07. The van der Waals surface area contributed by atoms with Crippen LogP contribution in [-0.4, -0.2) is 36.8 Å². The van der Waals surface area contributed by atoms with Crippen LogP contribution in [0.5, 0.6) is 5.75 Å². The monoisotopic (exact) mass is 345 g/mol. The van der Waals surface area contributed by atoms with Gasteiger partial charge in [-0.1, -0.05) is 18.2 Å². The first-order chi connectivity index (χ1) is 12.0. The molecule has 0 amide bonds. The van der Waals surface area contributed by atoms with Crippen LogP contribution in [0.2, 0.25) is 0 Å². The van der Waals surface area contributed by atoms with Gasteiger partial charge in [0.2, 0.25) is 0 Å². The highest BCUT2D eigenvalue weighted by Crippen LogP contribution is 2.21. The van der Waals surface area contributed by atoms with Gasteiger partial charge in [0.1, 0.15) is 23.2 Å². The van der Waals surface area contributed by atoms with E-state index in [9.17, 15) is 5.11 Å². The topological polar surface area (TPSA) is 79.0 Å². The number of hydrogen-bond acceptors (Lipinski definition) is 4. The van der Waals surface area contributed by atoms with Crippen molar-refractivity contribution in [2.24, 2.45) is 4.99 Å². The first kappa shape index (κ1) is 18.9. The van der Waals surface area contributed by atoms with Gasteiger partial charge in [0.25, 0.3) is 0 Å². The van der Waals surface area contributed by atoms with Gasteiger partial charge in [-0.25, -0.2) is 4.99 Å². The molecule has 0 saturated heterocycles. The number of rotatable bonds is 8. The van der Waals surface area contributed by atoms with E-state index in [0.29, 0.717) is 18.3 Å². The molecule has 6 heteroatoms. The maximum atomic E-state index is 10.5. The molecule has 2 aromatic rings. The van der Waals surface area contributed by atoms with Crippen LogP contribution in [0, 0.1) is 0 Å². The van der Waals surface area contributed by atoms with E-state index in [4.69, 9.17) is 9.15 Å². The Balaban J connectivity index is 1.89. The summed E-state index contributed by atoms with van der Waals surface area (Å²) in [5.74, 6) is 1.95. The number of para-hydroxylation sites is 1. The van der Waals surface area contributed by atoms with E-state index >= 15 is 0 Å². The molecule has 1 aromatic heterocycles. The molecule has 0 bridgehead atoms. The van der Waals surface area contributed by atoms with Crippen molar-refractivity contribution in [2.75, 3.05) is 19.6 Å². The lowest BCUT2D eigenvalue weighted by atomic mass is 10.0. The normalized spacial score (nSPS) is 15.3. The average Bonchev–Trinajstić information content (AvgIpc) is 3.14. The van der Waals surface area contributed by atoms with Crippen molar-refractivity contribution in [3.05, 3.63) is 54.5 Å². The van der Waals surface area contributed by atoms with Crippen molar-refractivity contribution in [3.8, 4) is 5.75 Å². The molecule has 2 atom stereocenters. The highest BCUT2D eigenvalue weighted by Gasteiger charge is 2.26. The molecule has 1 aromatic carbocycles. The quantitative estimate of drug-likeness (QED) is 0.506. The second kappa shape index (κ2) is 9.13. The Morgan fingerprint density at radius 3 is 2.64 bits per heavy atom. The maximum Gasteiger partial charge on any atom is 0.191 e. The van der Waals surface area contributed by atoms with Crippen molar-refractivity contribution >= 4 is 5.96 Å². The number of furan rings is 1. The van der Waals surface area contributed by atoms with E-state index in [1.54, 1.807) is 25.3 Å². The van der Waals surface area contributed by atoms with Gasteiger partial charge in [0.05, 0.1) is 19.4 Å². The molecule has 2 unspecified atom stereocenters. The molecule has 25 heavy (non-hydrogen) atoms. The highest BCUT2D eigenvalue weighted by atomic mass is 16.5. The second-order valence-corrected chi connectivity index (χ2v) is 6.07. The number of benzene rings is 1. The molecular weight excluding hydrogens is 318 g/mol. The van der Waals surface area contributed by atoms with E-state index in [0.717, 1.165) is 12.3 Å². The number of ether oxygens (including phenoxy) is 1. The molecule has 0 aliphatic rings. The third-order valence-corrected chi connectivity index (χ3v) is 3.58. The molecule has 6 nitrogen and oxygen atoms in total. The van der Waals surface area contributed by atoms with Crippen LogP contribution >= 0.6 is 0 Å². The van der Waals surface area contributed by atoms with E-state index in [1.165, 1.54) is 0 Å². The summed E-state index contributed by atoms with van der Waals surface area (Å²) in [6, 6.07) is 13.2. The number of nitrogens with zero attached hydrogens (tertiary/aromatic N) is 1. The van der Waals surface area contributed by atoms with Gasteiger partial charge < -0.3 is 24.9 Å². The summed E-state index contributed by atoms with van der Waals surface area (Å²) in [7, 11) is 0. The van der Waals surface area contributed by atoms with Crippen LogP contribution in [0.1, 0.15) is 26.5 Å². The van der Waals surface area contributed by atoms with Gasteiger partial charge in [0, 0.05) is 6.54 Å². The van der Waals surface area contributed by atoms with Crippen LogP contribution in [-0.2, 0) is 5.60 Å². The largest absolute Gasteiger partial charge is 0.489 e. The zero-order valence-electron chi connectivity index (χ0n) is 15.0. The minimum Gasteiger partial charge on any atom is -0.489 e. The van der Waals surface area contributed by atoms with Crippen LogP contribution in [0.15, 0.2) is 58.1 Å². The van der Waals surface area contributed by atoms with Crippen molar-refractivity contribution in [3.63, 3.8) is 0 Å². The standard InChI is InChI=1S/C19H27N3O3/c1-4-20-18(22-14-19(3,23)17-11-8-12-24-17)21-13-15(2)25-16-9-6-5-7-10-16/h5-12,15,23H,4,13-14H2,1-3H3,(H2,20,21,22). The van der Waals surface area contributed by atoms with Crippen molar-refractivity contribution < 1.29 is 14.3 Å². The third-order valence-electron chi connectivity index (χ3n) is 3.58. The lowest BCUT2D eigenvalue weighted by molar-refractivity contribution is 0.0437. The van der Waals surface area contributed by atoms with Gasteiger partial charge in [-0.2, -0.15) is 0 Å². The average molecular weight is 345 g/mol. The van der Waals surface area contributed by atoms with Crippen molar-refractivity contribution in [1.29, 1.82) is 0 Å². The van der Waals surface area contributed by atoms with Crippen LogP contribution in [0.25, 0.3) is 0 Å². The van der Waals surface area contributed by atoms with Crippen LogP contribution < -0.4 is 15.4 Å². The van der Waals surface area contributed by atoms with Gasteiger partial charge in [0.15, 0.2) is 5.96 Å². The Bertz CT molecular complexity index is 639. The fraction of sp³-hybridized carbons (Fsp3) is 0.421. The number of aliphatic hydroxyl groups is 1. The Kier molecular flexibility index (Phi) is 6.89. The minimum absolute atomic E-state index is 0.0307. The van der Waals surface area contributed by atoms with E-state index < -0.39 is 5.60 Å². The minimum atomic E-state index is -1.15. The molecule has 0 spiro atoms. The first-order valence-corrected chi connectivity index (χ1v) is 8.51. The Hall–Kier alpha value is -2.47. The van der Waals surface area contributed by atoms with Gasteiger partial charge in [-0.15, -0.1) is 0 Å². The number of hydrogen-bond donors (Lipinski definition) is 3. The summed E-state index contributed by atoms with van der Waals surface area (Å²) >= 11 is 0. The Labute approximate surface area is 148 Å². The van der Waals surface area contributed by atoms with E-state index in [2.05, 4.69) is 15.6 Å². The molecule has 136 valence electrons. The molecule has 0 aliphatic carbocycles. The predicted octanol–water partition coefficient (Wildman–Crippen LogP) is 2.51. The lowest BCUT2D eigenvalue weighted by Gasteiger charge is -2.21.